The number of allylic oxidation sites excluding steroid dienone is 2. The first-order valence-electron chi connectivity index (χ1n) is 14.4. The van der Waals surface area contributed by atoms with Gasteiger partial charge in [-0.25, -0.2) is 4.98 Å². The van der Waals surface area contributed by atoms with Gasteiger partial charge in [-0.3, -0.25) is 15.0 Å². The summed E-state index contributed by atoms with van der Waals surface area (Å²) in [7, 11) is 0. The van der Waals surface area contributed by atoms with E-state index in [0.29, 0.717) is 12.1 Å². The molecule has 5 heteroatoms. The molecule has 0 radical (unpaired) electrons. The van der Waals surface area contributed by atoms with Crippen LogP contribution in [0.15, 0.2) is 113 Å². The largest absolute Gasteiger partial charge is 0.437 e. The number of hydrogen-bond donors (Lipinski definition) is 0. The molecule has 2 aliphatic rings. The van der Waals surface area contributed by atoms with Crippen LogP contribution in [0.4, 0.5) is 0 Å². The second kappa shape index (κ2) is 10.2. The highest BCUT2D eigenvalue weighted by Crippen LogP contribution is 2.40. The molecule has 0 bridgehead atoms. The topological polar surface area (TPSA) is 63.6 Å². The molecule has 0 fully saturated rings. The number of fused-ring (bicyclic) bond motifs is 8. The van der Waals surface area contributed by atoms with Gasteiger partial charge in [-0.2, -0.15) is 0 Å². The van der Waals surface area contributed by atoms with Crippen LogP contribution in [0.2, 0.25) is 0 Å². The highest BCUT2D eigenvalue weighted by Gasteiger charge is 2.32. The first kappa shape index (κ1) is 26.0. The van der Waals surface area contributed by atoms with Crippen molar-refractivity contribution >= 4 is 33.5 Å². The molecule has 2 aromatic carbocycles. The molecule has 42 heavy (non-hydrogen) atoms. The summed E-state index contributed by atoms with van der Waals surface area (Å²) in [5, 5.41) is 2.00. The number of benzene rings is 2. The minimum absolute atomic E-state index is 0.0485. The number of pyridine rings is 2. The molecule has 0 saturated carbocycles. The maximum Gasteiger partial charge on any atom is 0.227 e. The molecule has 0 spiro atoms. The van der Waals surface area contributed by atoms with Crippen molar-refractivity contribution in [3.63, 3.8) is 0 Å². The van der Waals surface area contributed by atoms with Crippen LogP contribution in [-0.4, -0.2) is 27.4 Å². The Morgan fingerprint density at radius 3 is 2.55 bits per heavy atom. The van der Waals surface area contributed by atoms with Gasteiger partial charge < -0.3 is 4.42 Å². The van der Waals surface area contributed by atoms with Gasteiger partial charge in [-0.05, 0) is 73.2 Å². The lowest BCUT2D eigenvalue weighted by molar-refractivity contribution is 0.490. The summed E-state index contributed by atoms with van der Waals surface area (Å²) in [4.78, 5) is 19.8. The van der Waals surface area contributed by atoms with Crippen molar-refractivity contribution in [1.82, 2.24) is 9.97 Å². The van der Waals surface area contributed by atoms with E-state index in [1.807, 2.05) is 18.2 Å². The van der Waals surface area contributed by atoms with Crippen molar-refractivity contribution in [1.29, 1.82) is 0 Å². The second-order valence-corrected chi connectivity index (χ2v) is 11.2. The maximum absolute atomic E-state index is 6.61. The number of nitrogens with zero attached hydrogens (tertiary/aromatic N) is 4. The van der Waals surface area contributed by atoms with Crippen LogP contribution < -0.4 is 0 Å². The van der Waals surface area contributed by atoms with Gasteiger partial charge in [0.05, 0.1) is 28.9 Å². The molecule has 2 aliphatic heterocycles. The van der Waals surface area contributed by atoms with Crippen LogP contribution in [0.3, 0.4) is 0 Å². The lowest BCUT2D eigenvalue weighted by Crippen LogP contribution is -2.27. The van der Waals surface area contributed by atoms with E-state index in [9.17, 15) is 0 Å². The van der Waals surface area contributed by atoms with Gasteiger partial charge in [0.25, 0.3) is 0 Å². The summed E-state index contributed by atoms with van der Waals surface area (Å²) >= 11 is 0. The maximum atomic E-state index is 6.61. The molecule has 0 N–H and O–H groups in total. The standard InChI is InChI=1S/C37H32N4O/c1-6-30-26-13-9-8-12-25(26)27-16-14-24-15-17-28-29-19-22(4)35(34-21(3)11-10-18-38-34)41-37(29)42-36(28)33(24)31(7-2)39-23(5)20-32(27)40-30/h6-13,15,17-19,27,32H,1-2,5,14,16,20H2,3-4H3/b39-31-. The number of hydrogen-bond acceptors (Lipinski definition) is 5. The highest BCUT2D eigenvalue weighted by molar-refractivity contribution is 6.20. The fraction of sp³-hybridized carbons (Fsp3) is 0.189. The predicted octanol–water partition coefficient (Wildman–Crippen LogP) is 8.63. The lowest BCUT2D eigenvalue weighted by Gasteiger charge is -2.32. The first-order chi connectivity index (χ1) is 20.5. The fourth-order valence-corrected chi connectivity index (χ4v) is 6.64. The Morgan fingerprint density at radius 1 is 0.905 bits per heavy atom. The molecule has 0 saturated heterocycles. The van der Waals surface area contributed by atoms with E-state index in [4.69, 9.17) is 19.4 Å². The fourth-order valence-electron chi connectivity index (χ4n) is 6.64. The Morgan fingerprint density at radius 2 is 1.74 bits per heavy atom. The van der Waals surface area contributed by atoms with Crippen LogP contribution in [0, 0.1) is 13.8 Å². The van der Waals surface area contributed by atoms with E-state index in [2.05, 4.69) is 87.1 Å². The molecule has 2 atom stereocenters. The van der Waals surface area contributed by atoms with Gasteiger partial charge in [0.15, 0.2) is 0 Å². The van der Waals surface area contributed by atoms with Crippen molar-refractivity contribution in [2.45, 2.75) is 45.1 Å². The lowest BCUT2D eigenvalue weighted by atomic mass is 9.78. The van der Waals surface area contributed by atoms with Crippen molar-refractivity contribution in [3.05, 3.63) is 132 Å². The average Bonchev–Trinajstić information content (AvgIpc) is 3.36. The summed E-state index contributed by atoms with van der Waals surface area (Å²) in [6.07, 6.45) is 7.92. The van der Waals surface area contributed by atoms with E-state index in [1.165, 1.54) is 16.7 Å². The molecule has 5 aromatic rings. The van der Waals surface area contributed by atoms with Gasteiger partial charge in [0.2, 0.25) is 5.71 Å². The predicted molar refractivity (Wildman–Crippen MR) is 173 cm³/mol. The summed E-state index contributed by atoms with van der Waals surface area (Å²) in [6.45, 7) is 16.7. The highest BCUT2D eigenvalue weighted by atomic mass is 16.3. The van der Waals surface area contributed by atoms with Crippen LogP contribution in [0.1, 0.15) is 52.1 Å². The Hall–Kier alpha value is -4.90. The van der Waals surface area contributed by atoms with Crippen molar-refractivity contribution in [3.8, 4) is 11.4 Å². The molecular formula is C37H32N4O. The molecule has 5 heterocycles. The second-order valence-electron chi connectivity index (χ2n) is 11.2. The van der Waals surface area contributed by atoms with Gasteiger partial charge >= 0.3 is 0 Å². The normalized spacial score (nSPS) is 19.7. The number of furan rings is 1. The Bertz CT molecular complexity index is 2010. The quantitative estimate of drug-likeness (QED) is 0.227. The van der Waals surface area contributed by atoms with Gasteiger partial charge in [-0.1, -0.05) is 62.2 Å². The number of aromatic nitrogens is 2. The average molecular weight is 549 g/mol. The van der Waals surface area contributed by atoms with E-state index >= 15 is 0 Å². The van der Waals surface area contributed by atoms with E-state index in [-0.39, 0.29) is 12.0 Å². The Labute approximate surface area is 245 Å². The zero-order chi connectivity index (χ0) is 29.0. The molecule has 0 amide bonds. The SMILES string of the molecule is C=CC1=NC2CC(=C)/N=C(/C=C)c3c(ccc4c3oc3nc(-c5ncccc5C)c(C)cc34)CCC2c2ccccc21. The first-order valence-corrected chi connectivity index (χ1v) is 14.4. The zero-order valence-corrected chi connectivity index (χ0v) is 24.0. The van der Waals surface area contributed by atoms with Gasteiger partial charge in [-0.15, -0.1) is 0 Å². The van der Waals surface area contributed by atoms with Crippen LogP contribution in [0.5, 0.6) is 0 Å². The third-order valence-corrected chi connectivity index (χ3v) is 8.64. The zero-order valence-electron chi connectivity index (χ0n) is 24.0. The summed E-state index contributed by atoms with van der Waals surface area (Å²) in [5.74, 6) is 0.245. The van der Waals surface area contributed by atoms with Crippen molar-refractivity contribution in [2.24, 2.45) is 9.98 Å². The summed E-state index contributed by atoms with van der Waals surface area (Å²) in [5.41, 5.74) is 12.3. The molecular weight excluding hydrogens is 516 g/mol. The minimum Gasteiger partial charge on any atom is -0.437 e. The monoisotopic (exact) mass is 548 g/mol. The van der Waals surface area contributed by atoms with Gasteiger partial charge in [0, 0.05) is 46.1 Å². The number of aliphatic imine (C=N–C) groups is 2. The molecule has 7 rings (SSSR count). The van der Waals surface area contributed by atoms with Crippen LogP contribution in [0.25, 0.3) is 33.5 Å². The summed E-state index contributed by atoms with van der Waals surface area (Å²) in [6, 6.07) is 19.1. The third-order valence-electron chi connectivity index (χ3n) is 8.64. The molecule has 3 aromatic heterocycles. The summed E-state index contributed by atoms with van der Waals surface area (Å²) < 4.78 is 6.61. The van der Waals surface area contributed by atoms with Gasteiger partial charge in [0.1, 0.15) is 5.58 Å². The third kappa shape index (κ3) is 4.16. The van der Waals surface area contributed by atoms with E-state index < -0.39 is 0 Å². The van der Waals surface area contributed by atoms with Crippen molar-refractivity contribution < 1.29 is 4.42 Å². The molecule has 0 aliphatic carbocycles. The molecule has 2 unspecified atom stereocenters. The van der Waals surface area contributed by atoms with Crippen LogP contribution >= 0.6 is 0 Å². The van der Waals surface area contributed by atoms with E-state index in [0.717, 1.165) is 74.4 Å². The van der Waals surface area contributed by atoms with Crippen LogP contribution in [-0.2, 0) is 6.42 Å². The number of aryl methyl sites for hydroxylation is 3. The smallest absolute Gasteiger partial charge is 0.227 e. The van der Waals surface area contributed by atoms with E-state index in [1.54, 1.807) is 6.20 Å². The molecule has 5 nitrogen and oxygen atoms in total. The molecule has 206 valence electrons. The number of rotatable bonds is 3. The van der Waals surface area contributed by atoms with Crippen molar-refractivity contribution in [2.75, 3.05) is 0 Å². The Kier molecular flexibility index (Phi) is 6.31. The Balaban J connectivity index is 1.40. The minimum atomic E-state index is 0.0485.